The van der Waals surface area contributed by atoms with E-state index >= 15 is 0 Å². The number of halogens is 1. The molecule has 31 heavy (non-hydrogen) atoms. The number of methoxy groups -OCH3 is 1. The highest BCUT2D eigenvalue weighted by molar-refractivity contribution is 5.95. The molecular weight excluding hydrogens is 404 g/mol. The summed E-state index contributed by atoms with van der Waals surface area (Å²) in [6, 6.07) is 19.3. The van der Waals surface area contributed by atoms with Crippen molar-refractivity contribution >= 4 is 23.3 Å². The average molecular weight is 435 g/mol. The number of aryl methyl sites for hydroxylation is 1. The summed E-state index contributed by atoms with van der Waals surface area (Å²) in [5.74, 6) is 0.854. The summed E-state index contributed by atoms with van der Waals surface area (Å²) in [6.07, 6.45) is 1.91. The van der Waals surface area contributed by atoms with Gasteiger partial charge in [0.05, 0.1) is 18.3 Å². The van der Waals surface area contributed by atoms with Gasteiger partial charge in [-0.1, -0.05) is 45.0 Å². The maximum absolute atomic E-state index is 5.33. The molecule has 0 spiro atoms. The van der Waals surface area contributed by atoms with Gasteiger partial charge in [-0.05, 0) is 66.3 Å². The van der Waals surface area contributed by atoms with E-state index in [2.05, 4.69) is 81.7 Å². The van der Waals surface area contributed by atoms with E-state index in [0.717, 1.165) is 23.6 Å². The van der Waals surface area contributed by atoms with Gasteiger partial charge in [0.2, 0.25) is 0 Å². The van der Waals surface area contributed by atoms with Gasteiger partial charge < -0.3 is 9.30 Å². The third-order valence-corrected chi connectivity index (χ3v) is 6.07. The summed E-state index contributed by atoms with van der Waals surface area (Å²) in [4.78, 5) is 4.77. The predicted octanol–water partition coefficient (Wildman–Crippen LogP) is 7.10. The Morgan fingerprint density at radius 1 is 0.903 bits per heavy atom. The summed E-state index contributed by atoms with van der Waals surface area (Å²) in [5.41, 5.74) is 8.72. The first-order chi connectivity index (χ1) is 14.3. The van der Waals surface area contributed by atoms with E-state index in [9.17, 15) is 0 Å². The van der Waals surface area contributed by atoms with Gasteiger partial charge >= 0.3 is 0 Å². The zero-order chi connectivity index (χ0) is 21.5. The van der Waals surface area contributed by atoms with E-state index in [1.165, 1.54) is 33.3 Å². The zero-order valence-corrected chi connectivity index (χ0v) is 20.0. The number of fused-ring (bicyclic) bond motifs is 1. The molecule has 3 nitrogen and oxygen atoms in total. The van der Waals surface area contributed by atoms with Crippen molar-refractivity contribution in [2.75, 3.05) is 7.11 Å². The average Bonchev–Trinajstić information content (AvgIpc) is 2.98. The number of rotatable bonds is 4. The van der Waals surface area contributed by atoms with Crippen LogP contribution in [0.5, 0.6) is 5.75 Å². The van der Waals surface area contributed by atoms with Crippen molar-refractivity contribution in [1.29, 1.82) is 0 Å². The smallest absolute Gasteiger partial charge is 0.118 e. The maximum atomic E-state index is 5.33. The van der Waals surface area contributed by atoms with Crippen LogP contribution in [0.4, 0.5) is 0 Å². The lowest BCUT2D eigenvalue weighted by Gasteiger charge is -2.19. The molecule has 0 aliphatic heterocycles. The molecule has 0 radical (unpaired) electrons. The Labute approximate surface area is 191 Å². The maximum Gasteiger partial charge on any atom is 0.118 e. The third-order valence-electron chi connectivity index (χ3n) is 6.07. The molecule has 4 rings (SSSR count). The molecule has 0 aliphatic carbocycles. The normalized spacial score (nSPS) is 11.4. The Hall–Kier alpha value is -2.78. The van der Waals surface area contributed by atoms with Gasteiger partial charge in [-0.3, -0.25) is 4.98 Å². The third kappa shape index (κ3) is 4.33. The highest BCUT2D eigenvalue weighted by Gasteiger charge is 2.17. The molecule has 0 unspecified atom stereocenters. The first kappa shape index (κ1) is 22.9. The van der Waals surface area contributed by atoms with Gasteiger partial charge in [0.15, 0.2) is 0 Å². The number of hydrogen-bond donors (Lipinski definition) is 0. The molecule has 0 amide bonds. The Morgan fingerprint density at radius 2 is 1.55 bits per heavy atom. The van der Waals surface area contributed by atoms with E-state index in [1.807, 2.05) is 18.3 Å². The minimum absolute atomic E-state index is 0. The molecule has 162 valence electrons. The molecule has 2 heterocycles. The summed E-state index contributed by atoms with van der Waals surface area (Å²) in [5, 5.41) is 1.26. The predicted molar refractivity (Wildman–Crippen MR) is 133 cm³/mol. The second-order valence-corrected chi connectivity index (χ2v) is 9.03. The SMILES string of the molecule is COc1ccc(-c2nccc3c(C)c(C)n(Cc4ccc(C(C)(C)C)cc4)c23)cc1.Cl. The van der Waals surface area contributed by atoms with Crippen molar-refractivity contribution in [1.82, 2.24) is 9.55 Å². The van der Waals surface area contributed by atoms with Crippen molar-refractivity contribution in [3.63, 3.8) is 0 Å². The molecule has 0 saturated heterocycles. The Balaban J connectivity index is 0.00000272. The number of hydrogen-bond acceptors (Lipinski definition) is 2. The largest absolute Gasteiger partial charge is 0.497 e. The van der Waals surface area contributed by atoms with Crippen molar-refractivity contribution < 1.29 is 4.74 Å². The van der Waals surface area contributed by atoms with Crippen molar-refractivity contribution in [3.05, 3.63) is 83.2 Å². The first-order valence-electron chi connectivity index (χ1n) is 10.5. The van der Waals surface area contributed by atoms with E-state index in [1.54, 1.807) is 7.11 Å². The van der Waals surface area contributed by atoms with Crippen LogP contribution in [0.25, 0.3) is 22.2 Å². The fraction of sp³-hybridized carbons (Fsp3) is 0.296. The van der Waals surface area contributed by atoms with Crippen molar-refractivity contribution in [2.24, 2.45) is 0 Å². The molecule has 0 aliphatic rings. The summed E-state index contributed by atoms with van der Waals surface area (Å²) in [7, 11) is 1.69. The summed E-state index contributed by atoms with van der Waals surface area (Å²) >= 11 is 0. The van der Waals surface area contributed by atoms with E-state index in [4.69, 9.17) is 9.72 Å². The van der Waals surface area contributed by atoms with Crippen LogP contribution >= 0.6 is 12.4 Å². The molecule has 0 atom stereocenters. The molecule has 0 fully saturated rings. The van der Waals surface area contributed by atoms with Gasteiger partial charge in [-0.2, -0.15) is 0 Å². The standard InChI is InChI=1S/C27H30N2O.ClH/c1-18-19(2)29(17-20-7-11-22(12-8-20)27(3,4)5)26-24(18)15-16-28-25(26)21-9-13-23(30-6)14-10-21;/h7-16H,17H2,1-6H3;1H. The second-order valence-electron chi connectivity index (χ2n) is 9.03. The topological polar surface area (TPSA) is 27.1 Å². The van der Waals surface area contributed by atoms with Gasteiger partial charge in [0.25, 0.3) is 0 Å². The number of aromatic nitrogens is 2. The molecule has 0 saturated carbocycles. The Bertz CT molecular complexity index is 1180. The Morgan fingerprint density at radius 3 is 2.13 bits per heavy atom. The molecule has 0 N–H and O–H groups in total. The fourth-order valence-electron chi connectivity index (χ4n) is 4.05. The lowest BCUT2D eigenvalue weighted by Crippen LogP contribution is -2.11. The van der Waals surface area contributed by atoms with Crippen LogP contribution in [0, 0.1) is 13.8 Å². The molecule has 2 aromatic carbocycles. The molecule has 0 bridgehead atoms. The van der Waals surface area contributed by atoms with Gasteiger partial charge in [0.1, 0.15) is 5.75 Å². The molecule has 4 aromatic rings. The van der Waals surface area contributed by atoms with E-state index in [-0.39, 0.29) is 17.8 Å². The fourth-order valence-corrected chi connectivity index (χ4v) is 4.05. The number of pyridine rings is 1. The summed E-state index contributed by atoms with van der Waals surface area (Å²) < 4.78 is 7.73. The van der Waals surface area contributed by atoms with Crippen LogP contribution < -0.4 is 4.74 Å². The zero-order valence-electron chi connectivity index (χ0n) is 19.2. The number of benzene rings is 2. The molecular formula is C27H31ClN2O. The molecule has 2 aromatic heterocycles. The van der Waals surface area contributed by atoms with Crippen LogP contribution in [-0.4, -0.2) is 16.7 Å². The second kappa shape index (κ2) is 8.76. The number of ether oxygens (including phenoxy) is 1. The lowest BCUT2D eigenvalue weighted by atomic mass is 9.87. The highest BCUT2D eigenvalue weighted by atomic mass is 35.5. The van der Waals surface area contributed by atoms with Gasteiger partial charge in [-0.25, -0.2) is 0 Å². The Kier molecular flexibility index (Phi) is 6.47. The van der Waals surface area contributed by atoms with Crippen LogP contribution in [0.15, 0.2) is 60.8 Å². The number of nitrogens with zero attached hydrogens (tertiary/aromatic N) is 2. The summed E-state index contributed by atoms with van der Waals surface area (Å²) in [6.45, 7) is 12.0. The van der Waals surface area contributed by atoms with Crippen LogP contribution in [0.1, 0.15) is 43.2 Å². The monoisotopic (exact) mass is 434 g/mol. The quantitative estimate of drug-likeness (QED) is 0.342. The van der Waals surface area contributed by atoms with Crippen molar-refractivity contribution in [3.8, 4) is 17.0 Å². The van der Waals surface area contributed by atoms with E-state index < -0.39 is 0 Å². The minimum atomic E-state index is 0. The van der Waals surface area contributed by atoms with Crippen LogP contribution in [0.2, 0.25) is 0 Å². The van der Waals surface area contributed by atoms with Crippen LogP contribution in [0.3, 0.4) is 0 Å². The lowest BCUT2D eigenvalue weighted by molar-refractivity contribution is 0.415. The highest BCUT2D eigenvalue weighted by Crippen LogP contribution is 2.33. The van der Waals surface area contributed by atoms with E-state index in [0.29, 0.717) is 0 Å². The van der Waals surface area contributed by atoms with Gasteiger partial charge in [-0.15, -0.1) is 12.4 Å². The molecule has 4 heteroatoms. The van der Waals surface area contributed by atoms with Crippen LogP contribution in [-0.2, 0) is 12.0 Å². The minimum Gasteiger partial charge on any atom is -0.497 e. The van der Waals surface area contributed by atoms with Gasteiger partial charge in [0, 0.05) is 29.4 Å². The first-order valence-corrected chi connectivity index (χ1v) is 10.5. The van der Waals surface area contributed by atoms with Crippen molar-refractivity contribution in [2.45, 2.75) is 46.6 Å².